The highest BCUT2D eigenvalue weighted by molar-refractivity contribution is 5.46. The van der Waals surface area contributed by atoms with Crippen molar-refractivity contribution in [2.45, 2.75) is 32.7 Å². The monoisotopic (exact) mass is 191 g/mol. The van der Waals surface area contributed by atoms with Gasteiger partial charge in [0.05, 0.1) is 6.61 Å². The molecule has 0 amide bonds. The third-order valence-corrected chi connectivity index (χ3v) is 2.67. The summed E-state index contributed by atoms with van der Waals surface area (Å²) < 4.78 is 5.69. The second-order valence-corrected chi connectivity index (χ2v) is 4.08. The van der Waals surface area contributed by atoms with Crippen LogP contribution >= 0.6 is 0 Å². The lowest BCUT2D eigenvalue weighted by molar-refractivity contribution is 0.283. The first kappa shape index (κ1) is 9.53. The molecule has 0 aromatic heterocycles. The van der Waals surface area contributed by atoms with Gasteiger partial charge in [-0.05, 0) is 32.3 Å². The van der Waals surface area contributed by atoms with Crippen LogP contribution in [0.25, 0.3) is 0 Å². The molecule has 1 atom stereocenters. The number of aryl methyl sites for hydroxylation is 2. The Kier molecular flexibility index (Phi) is 2.46. The number of hydrogen-bond donors (Lipinski definition) is 1. The summed E-state index contributed by atoms with van der Waals surface area (Å²) in [5.74, 6) is 1.04. The SMILES string of the molecule is Cc1cc2c(c(C(C)N)c1)OCCC2. The van der Waals surface area contributed by atoms with Crippen molar-refractivity contribution in [3.05, 3.63) is 28.8 Å². The largest absolute Gasteiger partial charge is 0.493 e. The Morgan fingerprint density at radius 2 is 2.21 bits per heavy atom. The molecule has 0 bridgehead atoms. The van der Waals surface area contributed by atoms with Crippen LogP contribution in [0.2, 0.25) is 0 Å². The Labute approximate surface area is 85.1 Å². The van der Waals surface area contributed by atoms with Gasteiger partial charge in [0.25, 0.3) is 0 Å². The fourth-order valence-electron chi connectivity index (χ4n) is 2.02. The van der Waals surface area contributed by atoms with Crippen LogP contribution < -0.4 is 10.5 Å². The Morgan fingerprint density at radius 3 is 2.93 bits per heavy atom. The summed E-state index contributed by atoms with van der Waals surface area (Å²) >= 11 is 0. The minimum absolute atomic E-state index is 0.0572. The zero-order valence-corrected chi connectivity index (χ0v) is 8.84. The molecule has 1 aliphatic heterocycles. The summed E-state index contributed by atoms with van der Waals surface area (Å²) in [6.45, 7) is 4.95. The average Bonchev–Trinajstić information content (AvgIpc) is 2.16. The van der Waals surface area contributed by atoms with E-state index in [-0.39, 0.29) is 6.04 Å². The van der Waals surface area contributed by atoms with Crippen molar-refractivity contribution in [3.8, 4) is 5.75 Å². The van der Waals surface area contributed by atoms with Crippen LogP contribution in [-0.2, 0) is 6.42 Å². The molecule has 2 rings (SSSR count). The minimum Gasteiger partial charge on any atom is -0.493 e. The highest BCUT2D eigenvalue weighted by Crippen LogP contribution is 2.33. The van der Waals surface area contributed by atoms with Crippen LogP contribution in [0.4, 0.5) is 0 Å². The number of nitrogens with two attached hydrogens (primary N) is 1. The second-order valence-electron chi connectivity index (χ2n) is 4.08. The van der Waals surface area contributed by atoms with Gasteiger partial charge in [-0.3, -0.25) is 0 Å². The molecule has 76 valence electrons. The maximum absolute atomic E-state index is 5.93. The van der Waals surface area contributed by atoms with E-state index in [2.05, 4.69) is 19.1 Å². The van der Waals surface area contributed by atoms with Crippen molar-refractivity contribution in [2.24, 2.45) is 5.73 Å². The average molecular weight is 191 g/mol. The minimum atomic E-state index is 0.0572. The van der Waals surface area contributed by atoms with E-state index >= 15 is 0 Å². The molecule has 1 heterocycles. The molecule has 0 saturated carbocycles. The first-order valence-corrected chi connectivity index (χ1v) is 5.20. The van der Waals surface area contributed by atoms with Crippen LogP contribution in [0, 0.1) is 6.92 Å². The lowest BCUT2D eigenvalue weighted by Gasteiger charge is -2.22. The van der Waals surface area contributed by atoms with Crippen LogP contribution in [0.15, 0.2) is 12.1 Å². The number of benzene rings is 1. The summed E-state index contributed by atoms with van der Waals surface area (Å²) in [6.07, 6.45) is 2.24. The van der Waals surface area contributed by atoms with Crippen molar-refractivity contribution in [3.63, 3.8) is 0 Å². The molecular weight excluding hydrogens is 174 g/mol. The van der Waals surface area contributed by atoms with E-state index in [1.54, 1.807) is 0 Å². The predicted molar refractivity (Wildman–Crippen MR) is 57.6 cm³/mol. The van der Waals surface area contributed by atoms with Crippen molar-refractivity contribution in [1.82, 2.24) is 0 Å². The van der Waals surface area contributed by atoms with Crippen molar-refractivity contribution >= 4 is 0 Å². The van der Waals surface area contributed by atoms with Gasteiger partial charge in [0.2, 0.25) is 0 Å². The third kappa shape index (κ3) is 1.62. The molecule has 14 heavy (non-hydrogen) atoms. The van der Waals surface area contributed by atoms with Gasteiger partial charge < -0.3 is 10.5 Å². The molecule has 0 saturated heterocycles. The third-order valence-electron chi connectivity index (χ3n) is 2.67. The van der Waals surface area contributed by atoms with E-state index in [1.807, 2.05) is 6.92 Å². The first-order chi connectivity index (χ1) is 6.68. The molecule has 1 aromatic rings. The van der Waals surface area contributed by atoms with Gasteiger partial charge in [-0.1, -0.05) is 17.7 Å². The number of ether oxygens (including phenoxy) is 1. The summed E-state index contributed by atoms with van der Waals surface area (Å²) in [5, 5.41) is 0. The Morgan fingerprint density at radius 1 is 1.43 bits per heavy atom. The maximum atomic E-state index is 5.93. The molecule has 2 heteroatoms. The first-order valence-electron chi connectivity index (χ1n) is 5.20. The van der Waals surface area contributed by atoms with E-state index in [0.29, 0.717) is 0 Å². The van der Waals surface area contributed by atoms with E-state index in [9.17, 15) is 0 Å². The van der Waals surface area contributed by atoms with Gasteiger partial charge >= 0.3 is 0 Å². The predicted octanol–water partition coefficient (Wildman–Crippen LogP) is 2.34. The van der Waals surface area contributed by atoms with Crippen LogP contribution in [-0.4, -0.2) is 6.61 Å². The number of fused-ring (bicyclic) bond motifs is 1. The highest BCUT2D eigenvalue weighted by Gasteiger charge is 2.17. The summed E-state index contributed by atoms with van der Waals surface area (Å²) in [6, 6.07) is 4.40. The molecule has 0 radical (unpaired) electrons. The van der Waals surface area contributed by atoms with Gasteiger partial charge in [0.1, 0.15) is 5.75 Å². The van der Waals surface area contributed by atoms with Crippen LogP contribution in [0.3, 0.4) is 0 Å². The molecule has 0 spiro atoms. The Hall–Kier alpha value is -1.02. The van der Waals surface area contributed by atoms with Gasteiger partial charge in [0.15, 0.2) is 0 Å². The smallest absolute Gasteiger partial charge is 0.127 e. The second kappa shape index (κ2) is 3.62. The van der Waals surface area contributed by atoms with E-state index < -0.39 is 0 Å². The fourth-order valence-corrected chi connectivity index (χ4v) is 2.02. The fraction of sp³-hybridized carbons (Fsp3) is 0.500. The van der Waals surface area contributed by atoms with Crippen LogP contribution in [0.1, 0.15) is 36.1 Å². The maximum Gasteiger partial charge on any atom is 0.127 e. The molecular formula is C12H17NO. The molecule has 1 aromatic carbocycles. The molecule has 0 aliphatic carbocycles. The van der Waals surface area contributed by atoms with Gasteiger partial charge in [-0.25, -0.2) is 0 Å². The summed E-state index contributed by atoms with van der Waals surface area (Å²) in [7, 11) is 0. The normalized spacial score (nSPS) is 17.1. The van der Waals surface area contributed by atoms with E-state index in [4.69, 9.17) is 10.5 Å². The summed E-state index contributed by atoms with van der Waals surface area (Å²) in [4.78, 5) is 0. The lowest BCUT2D eigenvalue weighted by atomic mass is 9.96. The Balaban J connectivity index is 2.52. The standard InChI is InChI=1S/C12H17NO/c1-8-6-10-4-3-5-14-12(10)11(7-8)9(2)13/h6-7,9H,3-5,13H2,1-2H3. The summed E-state index contributed by atoms with van der Waals surface area (Å²) in [5.41, 5.74) is 9.68. The quantitative estimate of drug-likeness (QED) is 0.739. The zero-order chi connectivity index (χ0) is 10.1. The molecule has 1 aliphatic rings. The lowest BCUT2D eigenvalue weighted by Crippen LogP contribution is -2.14. The molecule has 0 fully saturated rings. The van der Waals surface area contributed by atoms with Crippen molar-refractivity contribution in [1.29, 1.82) is 0 Å². The zero-order valence-electron chi connectivity index (χ0n) is 8.84. The van der Waals surface area contributed by atoms with Gasteiger partial charge in [-0.2, -0.15) is 0 Å². The number of rotatable bonds is 1. The van der Waals surface area contributed by atoms with Gasteiger partial charge in [0, 0.05) is 11.6 Å². The topological polar surface area (TPSA) is 35.2 Å². The highest BCUT2D eigenvalue weighted by atomic mass is 16.5. The van der Waals surface area contributed by atoms with E-state index in [1.165, 1.54) is 11.1 Å². The van der Waals surface area contributed by atoms with Crippen molar-refractivity contribution < 1.29 is 4.74 Å². The number of hydrogen-bond acceptors (Lipinski definition) is 2. The van der Waals surface area contributed by atoms with E-state index in [0.717, 1.165) is 30.8 Å². The van der Waals surface area contributed by atoms with Gasteiger partial charge in [-0.15, -0.1) is 0 Å². The van der Waals surface area contributed by atoms with Crippen molar-refractivity contribution in [2.75, 3.05) is 6.61 Å². The van der Waals surface area contributed by atoms with Crippen LogP contribution in [0.5, 0.6) is 5.75 Å². The Bertz CT molecular complexity index is 344. The molecule has 2 nitrogen and oxygen atoms in total. The molecule has 2 N–H and O–H groups in total. The molecule has 1 unspecified atom stereocenters.